The van der Waals surface area contributed by atoms with E-state index in [2.05, 4.69) is 22.0 Å². The third-order valence-corrected chi connectivity index (χ3v) is 5.16. The molecule has 4 atom stereocenters. The number of carbonyl (C=O) groups excluding carboxylic acids is 3. The molecule has 2 aliphatic rings. The van der Waals surface area contributed by atoms with Gasteiger partial charge in [-0.2, -0.15) is 5.26 Å². The second-order valence-electron chi connectivity index (χ2n) is 6.85. The Morgan fingerprint density at radius 2 is 2.08 bits per heavy atom. The number of nitriles is 1. The van der Waals surface area contributed by atoms with Gasteiger partial charge in [-0.15, -0.1) is 0 Å². The molecule has 0 aliphatic carbocycles. The molecule has 2 saturated heterocycles. The SMILES string of the molecule is CNC(=O)C1CC(C#N)NC(=O)C2CCCN2C(=O)NCCCC1C. The molecular formula is C17H27N5O3. The minimum atomic E-state index is -0.747. The van der Waals surface area contributed by atoms with Crippen LogP contribution < -0.4 is 16.0 Å². The van der Waals surface area contributed by atoms with Crippen molar-refractivity contribution in [3.63, 3.8) is 0 Å². The molecule has 8 nitrogen and oxygen atoms in total. The van der Waals surface area contributed by atoms with Gasteiger partial charge < -0.3 is 20.9 Å². The van der Waals surface area contributed by atoms with Crippen LogP contribution >= 0.6 is 0 Å². The Hall–Kier alpha value is -2.30. The standard InChI is InChI=1S/C17H27N5O3/c1-11-5-3-7-20-17(25)22-8-4-6-14(22)16(24)21-12(10-18)9-13(11)15(23)19-2/h11-14H,3-9H2,1-2H3,(H,19,23)(H,20,25)(H,21,24). The van der Waals surface area contributed by atoms with E-state index in [0.29, 0.717) is 19.5 Å². The molecule has 4 unspecified atom stereocenters. The highest BCUT2D eigenvalue weighted by atomic mass is 16.2. The highest BCUT2D eigenvalue weighted by Crippen LogP contribution is 2.24. The van der Waals surface area contributed by atoms with Crippen molar-refractivity contribution in [2.24, 2.45) is 11.8 Å². The van der Waals surface area contributed by atoms with Gasteiger partial charge in [0.25, 0.3) is 0 Å². The van der Waals surface area contributed by atoms with E-state index in [9.17, 15) is 19.6 Å². The zero-order valence-electron chi connectivity index (χ0n) is 14.9. The van der Waals surface area contributed by atoms with Gasteiger partial charge in [0.1, 0.15) is 12.1 Å². The van der Waals surface area contributed by atoms with Crippen molar-refractivity contribution in [2.45, 2.75) is 51.1 Å². The normalized spacial score (nSPS) is 31.3. The Morgan fingerprint density at radius 1 is 1.32 bits per heavy atom. The molecule has 0 bridgehead atoms. The van der Waals surface area contributed by atoms with Gasteiger partial charge in [-0.1, -0.05) is 6.92 Å². The summed E-state index contributed by atoms with van der Waals surface area (Å²) in [5.41, 5.74) is 0. The van der Waals surface area contributed by atoms with Crippen molar-refractivity contribution in [1.82, 2.24) is 20.9 Å². The first-order valence-corrected chi connectivity index (χ1v) is 8.94. The van der Waals surface area contributed by atoms with Gasteiger partial charge in [0.2, 0.25) is 11.8 Å². The van der Waals surface area contributed by atoms with Crippen LogP contribution in [0.3, 0.4) is 0 Å². The van der Waals surface area contributed by atoms with Gasteiger partial charge in [0.15, 0.2) is 0 Å². The van der Waals surface area contributed by atoms with E-state index in [1.807, 2.05) is 6.92 Å². The van der Waals surface area contributed by atoms with Crippen molar-refractivity contribution in [3.05, 3.63) is 0 Å². The molecule has 0 saturated carbocycles. The molecule has 4 amide bonds. The van der Waals surface area contributed by atoms with E-state index in [-0.39, 0.29) is 36.1 Å². The predicted octanol–water partition coefficient (Wildman–Crippen LogP) is 0.351. The predicted molar refractivity (Wildman–Crippen MR) is 91.2 cm³/mol. The third kappa shape index (κ3) is 4.62. The second kappa shape index (κ2) is 8.70. The van der Waals surface area contributed by atoms with Crippen molar-refractivity contribution in [2.75, 3.05) is 20.1 Å². The molecule has 0 radical (unpaired) electrons. The number of nitrogens with zero attached hydrogens (tertiary/aromatic N) is 2. The molecule has 0 aromatic carbocycles. The van der Waals surface area contributed by atoms with E-state index in [1.54, 1.807) is 11.9 Å². The number of hydrogen-bond donors (Lipinski definition) is 3. The molecule has 0 aromatic rings. The van der Waals surface area contributed by atoms with Crippen molar-refractivity contribution in [3.8, 4) is 6.07 Å². The number of carbonyl (C=O) groups is 3. The Bertz CT molecular complexity index is 559. The van der Waals surface area contributed by atoms with E-state index >= 15 is 0 Å². The first-order chi connectivity index (χ1) is 12.0. The third-order valence-electron chi connectivity index (χ3n) is 5.16. The van der Waals surface area contributed by atoms with Gasteiger partial charge in [-0.25, -0.2) is 4.79 Å². The van der Waals surface area contributed by atoms with Crippen molar-refractivity contribution >= 4 is 17.8 Å². The zero-order valence-corrected chi connectivity index (χ0v) is 14.9. The zero-order chi connectivity index (χ0) is 18.4. The summed E-state index contributed by atoms with van der Waals surface area (Å²) in [4.78, 5) is 38.6. The fourth-order valence-corrected chi connectivity index (χ4v) is 3.65. The summed E-state index contributed by atoms with van der Waals surface area (Å²) < 4.78 is 0. The van der Waals surface area contributed by atoms with Crippen LogP contribution in [0.2, 0.25) is 0 Å². The number of fused-ring (bicyclic) bond motifs is 1. The molecule has 3 N–H and O–H groups in total. The highest BCUT2D eigenvalue weighted by molar-refractivity contribution is 5.88. The smallest absolute Gasteiger partial charge is 0.318 e. The van der Waals surface area contributed by atoms with Crippen LogP contribution in [0.15, 0.2) is 0 Å². The molecule has 138 valence electrons. The fraction of sp³-hybridized carbons (Fsp3) is 0.765. The van der Waals surface area contributed by atoms with E-state index in [0.717, 1.165) is 19.3 Å². The topological polar surface area (TPSA) is 114 Å². The Balaban J connectivity index is 2.21. The van der Waals surface area contributed by atoms with Crippen LogP contribution in [0.5, 0.6) is 0 Å². The summed E-state index contributed by atoms with van der Waals surface area (Å²) >= 11 is 0. The fourth-order valence-electron chi connectivity index (χ4n) is 3.65. The first-order valence-electron chi connectivity index (χ1n) is 8.94. The van der Waals surface area contributed by atoms with Crippen molar-refractivity contribution < 1.29 is 14.4 Å². The van der Waals surface area contributed by atoms with Crippen LogP contribution in [0.1, 0.15) is 39.0 Å². The average Bonchev–Trinajstić information content (AvgIpc) is 3.10. The van der Waals surface area contributed by atoms with Crippen LogP contribution in [0.4, 0.5) is 4.79 Å². The summed E-state index contributed by atoms with van der Waals surface area (Å²) in [5.74, 6) is -0.749. The maximum Gasteiger partial charge on any atom is 0.318 e. The maximum absolute atomic E-state index is 12.6. The van der Waals surface area contributed by atoms with Crippen LogP contribution in [-0.4, -0.2) is 55.0 Å². The highest BCUT2D eigenvalue weighted by Gasteiger charge is 2.36. The number of hydrogen-bond acceptors (Lipinski definition) is 4. The number of rotatable bonds is 1. The molecular weight excluding hydrogens is 322 g/mol. The van der Waals surface area contributed by atoms with Gasteiger partial charge in [-0.05, 0) is 38.0 Å². The van der Waals surface area contributed by atoms with Gasteiger partial charge in [-0.3, -0.25) is 9.59 Å². The molecule has 0 aromatic heterocycles. The lowest BCUT2D eigenvalue weighted by Gasteiger charge is -2.26. The summed E-state index contributed by atoms with van der Waals surface area (Å²) in [6, 6.07) is 0.561. The largest absolute Gasteiger partial charge is 0.359 e. The Kier molecular flexibility index (Phi) is 6.62. The molecule has 2 rings (SSSR count). The minimum absolute atomic E-state index is 0.0464. The van der Waals surface area contributed by atoms with Gasteiger partial charge >= 0.3 is 6.03 Å². The van der Waals surface area contributed by atoms with Gasteiger partial charge in [0, 0.05) is 26.1 Å². The Labute approximate surface area is 148 Å². The molecule has 8 heteroatoms. The summed E-state index contributed by atoms with van der Waals surface area (Å²) in [6.07, 6.45) is 3.13. The van der Waals surface area contributed by atoms with E-state index in [1.165, 1.54) is 0 Å². The second-order valence-corrected chi connectivity index (χ2v) is 6.85. The number of nitrogens with one attached hydrogen (secondary N) is 3. The molecule has 0 spiro atoms. The van der Waals surface area contributed by atoms with E-state index in [4.69, 9.17) is 0 Å². The molecule has 2 aliphatic heterocycles. The quantitative estimate of drug-likeness (QED) is 0.634. The van der Waals surface area contributed by atoms with Crippen LogP contribution in [-0.2, 0) is 9.59 Å². The summed E-state index contributed by atoms with van der Waals surface area (Å²) in [5, 5.41) is 17.7. The molecule has 2 heterocycles. The van der Waals surface area contributed by atoms with Crippen LogP contribution in [0.25, 0.3) is 0 Å². The monoisotopic (exact) mass is 349 g/mol. The lowest BCUT2D eigenvalue weighted by molar-refractivity contribution is -0.128. The number of amides is 4. The summed E-state index contributed by atoms with van der Waals surface area (Å²) in [7, 11) is 1.58. The molecule has 2 fully saturated rings. The Morgan fingerprint density at radius 3 is 2.76 bits per heavy atom. The summed E-state index contributed by atoms with van der Waals surface area (Å²) in [6.45, 7) is 3.02. The minimum Gasteiger partial charge on any atom is -0.359 e. The first kappa shape index (κ1) is 19.0. The number of urea groups is 1. The van der Waals surface area contributed by atoms with Crippen LogP contribution in [0, 0.1) is 23.2 Å². The van der Waals surface area contributed by atoms with Crippen molar-refractivity contribution in [1.29, 1.82) is 5.26 Å². The van der Waals surface area contributed by atoms with E-state index < -0.39 is 12.1 Å². The lowest BCUT2D eigenvalue weighted by Crippen LogP contribution is -2.51. The lowest BCUT2D eigenvalue weighted by atomic mass is 9.84. The maximum atomic E-state index is 12.6. The molecule has 25 heavy (non-hydrogen) atoms. The average molecular weight is 349 g/mol. The van der Waals surface area contributed by atoms with Gasteiger partial charge in [0.05, 0.1) is 6.07 Å².